The molecule has 0 spiro atoms. The Kier molecular flexibility index (Phi) is 5.00. The highest BCUT2D eigenvalue weighted by molar-refractivity contribution is 9.10. The van der Waals surface area contributed by atoms with E-state index in [9.17, 15) is 4.79 Å². The Hall–Kier alpha value is -1.03. The van der Waals surface area contributed by atoms with E-state index in [1.165, 1.54) is 0 Å². The van der Waals surface area contributed by atoms with Gasteiger partial charge in [-0.05, 0) is 51.0 Å². The van der Waals surface area contributed by atoms with Crippen LogP contribution in [-0.2, 0) is 9.53 Å². The highest BCUT2D eigenvalue weighted by Gasteiger charge is 2.08. The summed E-state index contributed by atoms with van der Waals surface area (Å²) in [5.74, 6) is -0.235. The summed E-state index contributed by atoms with van der Waals surface area (Å²) < 4.78 is 6.11. The van der Waals surface area contributed by atoms with Crippen LogP contribution >= 0.6 is 15.9 Å². The van der Waals surface area contributed by atoms with Crippen LogP contribution in [-0.4, -0.2) is 18.6 Å². The molecule has 0 saturated carbocycles. The molecule has 94 valence electrons. The average molecular weight is 300 g/mol. The lowest BCUT2D eigenvalue weighted by Crippen LogP contribution is -2.20. The minimum atomic E-state index is -0.235. The molecule has 17 heavy (non-hydrogen) atoms. The Morgan fingerprint density at radius 2 is 1.88 bits per heavy atom. The minimum Gasteiger partial charge on any atom is -0.462 e. The molecule has 1 aromatic carbocycles. The number of halogens is 1. The van der Waals surface area contributed by atoms with Crippen molar-refractivity contribution in [3.63, 3.8) is 0 Å². The highest BCUT2D eigenvalue weighted by Crippen LogP contribution is 2.24. The fraction of sp³-hybridized carbons (Fsp3) is 0.462. The molecule has 0 fully saturated rings. The van der Waals surface area contributed by atoms with Crippen molar-refractivity contribution in [2.75, 3.05) is 11.9 Å². The predicted molar refractivity (Wildman–Crippen MR) is 73.3 cm³/mol. The topological polar surface area (TPSA) is 38.3 Å². The Balaban J connectivity index is 2.67. The van der Waals surface area contributed by atoms with E-state index in [4.69, 9.17) is 4.74 Å². The number of carbonyl (C=O) groups is 1. The van der Waals surface area contributed by atoms with Crippen LogP contribution < -0.4 is 5.32 Å². The molecule has 0 unspecified atom stereocenters. The number of carbonyl (C=O) groups excluding carboxylic acids is 1. The molecular weight excluding hydrogens is 282 g/mol. The molecule has 4 heteroatoms. The number of esters is 1. The molecule has 0 aliphatic rings. The second-order valence-electron chi connectivity index (χ2n) is 4.31. The first-order valence-electron chi connectivity index (χ1n) is 5.60. The molecular formula is C13H18BrNO2. The lowest BCUT2D eigenvalue weighted by atomic mass is 10.1. The van der Waals surface area contributed by atoms with Gasteiger partial charge in [0.15, 0.2) is 0 Å². The second kappa shape index (κ2) is 6.05. The predicted octanol–water partition coefficient (Wildman–Crippen LogP) is 3.43. The number of nitrogens with one attached hydrogen (secondary N) is 1. The highest BCUT2D eigenvalue weighted by atomic mass is 79.9. The molecule has 0 aliphatic heterocycles. The molecule has 1 aromatic rings. The van der Waals surface area contributed by atoms with E-state index in [-0.39, 0.29) is 18.6 Å². The summed E-state index contributed by atoms with van der Waals surface area (Å²) >= 11 is 3.44. The van der Waals surface area contributed by atoms with E-state index in [0.717, 1.165) is 21.3 Å². The Bertz CT molecular complexity index is 393. The molecule has 1 rings (SSSR count). The summed E-state index contributed by atoms with van der Waals surface area (Å²) in [6, 6.07) is 4.03. The molecule has 0 heterocycles. The van der Waals surface area contributed by atoms with Crippen LogP contribution in [0.5, 0.6) is 0 Å². The summed E-state index contributed by atoms with van der Waals surface area (Å²) in [4.78, 5) is 11.4. The number of ether oxygens (including phenoxy) is 1. The third-order valence-corrected chi connectivity index (χ3v) is 2.73. The van der Waals surface area contributed by atoms with E-state index in [0.29, 0.717) is 0 Å². The molecule has 0 saturated heterocycles. The fourth-order valence-electron chi connectivity index (χ4n) is 1.65. The fourth-order valence-corrected chi connectivity index (χ4v) is 2.34. The van der Waals surface area contributed by atoms with Crippen LogP contribution in [0.3, 0.4) is 0 Å². The summed E-state index contributed by atoms with van der Waals surface area (Å²) in [6.07, 6.45) is -0.0728. The molecule has 1 N–H and O–H groups in total. The van der Waals surface area contributed by atoms with Crippen molar-refractivity contribution in [1.29, 1.82) is 0 Å². The standard InChI is InChI=1S/C13H18BrNO2/c1-8(2)17-12(16)7-15-13-9(3)5-11(14)6-10(13)4/h5-6,8,15H,7H2,1-4H3. The van der Waals surface area contributed by atoms with Crippen LogP contribution in [0.2, 0.25) is 0 Å². The van der Waals surface area contributed by atoms with Crippen LogP contribution in [0.25, 0.3) is 0 Å². The van der Waals surface area contributed by atoms with E-state index >= 15 is 0 Å². The van der Waals surface area contributed by atoms with Gasteiger partial charge in [0.1, 0.15) is 6.54 Å². The lowest BCUT2D eigenvalue weighted by molar-refractivity contribution is -0.145. The van der Waals surface area contributed by atoms with Crippen molar-refractivity contribution < 1.29 is 9.53 Å². The number of anilines is 1. The average Bonchev–Trinajstić information content (AvgIpc) is 2.14. The molecule has 0 aliphatic carbocycles. The van der Waals surface area contributed by atoms with E-state index < -0.39 is 0 Å². The van der Waals surface area contributed by atoms with Gasteiger partial charge in [-0.15, -0.1) is 0 Å². The van der Waals surface area contributed by atoms with Gasteiger partial charge < -0.3 is 10.1 Å². The van der Waals surface area contributed by atoms with Gasteiger partial charge in [-0.3, -0.25) is 4.79 Å². The zero-order valence-electron chi connectivity index (χ0n) is 10.6. The van der Waals surface area contributed by atoms with E-state index in [1.807, 2.05) is 39.8 Å². The molecule has 0 bridgehead atoms. The number of hydrogen-bond donors (Lipinski definition) is 1. The Morgan fingerprint density at radius 1 is 1.35 bits per heavy atom. The van der Waals surface area contributed by atoms with Gasteiger partial charge in [-0.25, -0.2) is 0 Å². The van der Waals surface area contributed by atoms with Gasteiger partial charge in [-0.1, -0.05) is 15.9 Å². The third-order valence-electron chi connectivity index (χ3n) is 2.27. The molecule has 0 atom stereocenters. The summed E-state index contributed by atoms with van der Waals surface area (Å²) in [5.41, 5.74) is 3.21. The minimum absolute atomic E-state index is 0.0728. The van der Waals surface area contributed by atoms with Crippen molar-refractivity contribution in [3.8, 4) is 0 Å². The third kappa shape index (κ3) is 4.38. The maximum atomic E-state index is 11.4. The second-order valence-corrected chi connectivity index (χ2v) is 5.22. The van der Waals surface area contributed by atoms with Crippen LogP contribution in [0.1, 0.15) is 25.0 Å². The molecule has 0 amide bonds. The van der Waals surface area contributed by atoms with Gasteiger partial charge in [-0.2, -0.15) is 0 Å². The smallest absolute Gasteiger partial charge is 0.325 e. The summed E-state index contributed by atoms with van der Waals surface area (Å²) in [7, 11) is 0. The van der Waals surface area contributed by atoms with Gasteiger partial charge in [0.05, 0.1) is 6.10 Å². The largest absolute Gasteiger partial charge is 0.462 e. The van der Waals surface area contributed by atoms with Gasteiger partial charge in [0.2, 0.25) is 0 Å². The first kappa shape index (κ1) is 14.0. The number of rotatable bonds is 4. The normalized spacial score (nSPS) is 10.5. The van der Waals surface area contributed by atoms with Crippen molar-refractivity contribution >= 4 is 27.6 Å². The van der Waals surface area contributed by atoms with Crippen LogP contribution in [0.15, 0.2) is 16.6 Å². The van der Waals surface area contributed by atoms with E-state index in [2.05, 4.69) is 21.2 Å². The van der Waals surface area contributed by atoms with Crippen molar-refractivity contribution in [2.45, 2.75) is 33.8 Å². The molecule has 0 aromatic heterocycles. The molecule has 3 nitrogen and oxygen atoms in total. The van der Waals surface area contributed by atoms with Crippen molar-refractivity contribution in [2.24, 2.45) is 0 Å². The molecule has 0 radical (unpaired) electrons. The Morgan fingerprint density at radius 3 is 2.35 bits per heavy atom. The van der Waals surface area contributed by atoms with Crippen LogP contribution in [0, 0.1) is 13.8 Å². The number of hydrogen-bond acceptors (Lipinski definition) is 3. The van der Waals surface area contributed by atoms with Crippen molar-refractivity contribution in [1.82, 2.24) is 0 Å². The Labute approximate surface area is 111 Å². The zero-order valence-corrected chi connectivity index (χ0v) is 12.2. The first-order valence-corrected chi connectivity index (χ1v) is 6.39. The monoisotopic (exact) mass is 299 g/mol. The maximum absolute atomic E-state index is 11.4. The van der Waals surface area contributed by atoms with Gasteiger partial charge >= 0.3 is 5.97 Å². The zero-order chi connectivity index (χ0) is 13.0. The quantitative estimate of drug-likeness (QED) is 0.866. The number of benzene rings is 1. The number of aryl methyl sites for hydroxylation is 2. The van der Waals surface area contributed by atoms with Crippen molar-refractivity contribution in [3.05, 3.63) is 27.7 Å². The lowest BCUT2D eigenvalue weighted by Gasteiger charge is -2.14. The van der Waals surface area contributed by atoms with Crippen LogP contribution in [0.4, 0.5) is 5.69 Å². The first-order chi connectivity index (χ1) is 7.90. The summed E-state index contributed by atoms with van der Waals surface area (Å²) in [6.45, 7) is 7.89. The maximum Gasteiger partial charge on any atom is 0.325 e. The SMILES string of the molecule is Cc1cc(Br)cc(C)c1NCC(=O)OC(C)C. The summed E-state index contributed by atoms with van der Waals surface area (Å²) in [5, 5.41) is 3.12. The van der Waals surface area contributed by atoms with Gasteiger partial charge in [0.25, 0.3) is 0 Å². The van der Waals surface area contributed by atoms with Gasteiger partial charge in [0, 0.05) is 10.2 Å². The van der Waals surface area contributed by atoms with E-state index in [1.54, 1.807) is 0 Å².